The summed E-state index contributed by atoms with van der Waals surface area (Å²) < 4.78 is 34.9. The molecule has 0 bridgehead atoms. The molecule has 214 valence electrons. The van der Waals surface area contributed by atoms with E-state index in [1.165, 1.54) is 42.8 Å². The third-order valence-corrected chi connectivity index (χ3v) is 8.67. The van der Waals surface area contributed by atoms with E-state index in [1.807, 2.05) is 12.1 Å². The Morgan fingerprint density at radius 3 is 2.40 bits per heavy atom. The fourth-order valence-electron chi connectivity index (χ4n) is 4.41. The van der Waals surface area contributed by atoms with E-state index in [-0.39, 0.29) is 10.5 Å². The zero-order chi connectivity index (χ0) is 30.2. The van der Waals surface area contributed by atoms with Crippen LogP contribution >= 0.6 is 11.3 Å². The number of amides is 2. The number of carbonyl (C=O) groups excluding carboxylic acids is 2. The number of nitrogens with two attached hydrogens (primary N) is 1. The first-order chi connectivity index (χ1) is 20.0. The van der Waals surface area contributed by atoms with Crippen molar-refractivity contribution in [2.45, 2.75) is 18.7 Å². The number of nitrogens with zero attached hydrogens (tertiary/aromatic N) is 3. The van der Waals surface area contributed by atoms with Crippen molar-refractivity contribution < 1.29 is 26.9 Å². The SMILES string of the molecule is COc1ccc(S(=O)(=O)OC)cc1-c1cc(C)ncc1C(=O)Nc1nc2ccc(-c3ccc(C(N)=O)c(C)c3)nc2s1. The first kappa shape index (κ1) is 28.8. The molecule has 3 heterocycles. The van der Waals surface area contributed by atoms with Crippen molar-refractivity contribution in [2.24, 2.45) is 5.73 Å². The summed E-state index contributed by atoms with van der Waals surface area (Å²) in [5, 5.41) is 3.13. The number of benzene rings is 2. The molecule has 11 nitrogen and oxygen atoms in total. The number of hydrogen-bond donors (Lipinski definition) is 2. The fourth-order valence-corrected chi connectivity index (χ4v) is 5.93. The van der Waals surface area contributed by atoms with Crippen LogP contribution in [0.5, 0.6) is 5.75 Å². The Kier molecular flexibility index (Phi) is 7.73. The number of fused-ring (bicyclic) bond motifs is 1. The number of anilines is 1. The van der Waals surface area contributed by atoms with E-state index >= 15 is 0 Å². The summed E-state index contributed by atoms with van der Waals surface area (Å²) in [6.07, 6.45) is 1.42. The van der Waals surface area contributed by atoms with Crippen LogP contribution in [-0.2, 0) is 14.3 Å². The third-order valence-electron chi connectivity index (χ3n) is 6.52. The van der Waals surface area contributed by atoms with Gasteiger partial charge in [-0.1, -0.05) is 17.4 Å². The lowest BCUT2D eigenvalue weighted by atomic mass is 9.99. The number of aryl methyl sites for hydroxylation is 2. The first-order valence-electron chi connectivity index (χ1n) is 12.5. The van der Waals surface area contributed by atoms with Crippen LogP contribution in [0.25, 0.3) is 32.7 Å². The quantitative estimate of drug-likeness (QED) is 0.239. The lowest BCUT2D eigenvalue weighted by Crippen LogP contribution is -2.14. The molecule has 2 aromatic carbocycles. The summed E-state index contributed by atoms with van der Waals surface area (Å²) in [4.78, 5) is 39.1. The molecule has 3 aromatic heterocycles. The molecule has 42 heavy (non-hydrogen) atoms. The highest BCUT2D eigenvalue weighted by Crippen LogP contribution is 2.36. The smallest absolute Gasteiger partial charge is 0.296 e. The molecular formula is C29H25N5O6S2. The zero-order valence-electron chi connectivity index (χ0n) is 23.0. The molecule has 0 atom stereocenters. The second kappa shape index (κ2) is 11.3. The van der Waals surface area contributed by atoms with Crippen LogP contribution in [0.15, 0.2) is 65.7 Å². The third kappa shape index (κ3) is 5.57. The van der Waals surface area contributed by atoms with Gasteiger partial charge in [0.15, 0.2) is 5.13 Å². The summed E-state index contributed by atoms with van der Waals surface area (Å²) in [7, 11) is -1.47. The van der Waals surface area contributed by atoms with Crippen molar-refractivity contribution in [3.8, 4) is 28.1 Å². The van der Waals surface area contributed by atoms with E-state index in [0.29, 0.717) is 49.3 Å². The van der Waals surface area contributed by atoms with Gasteiger partial charge in [-0.15, -0.1) is 0 Å². The van der Waals surface area contributed by atoms with Gasteiger partial charge in [-0.3, -0.25) is 24.1 Å². The normalized spacial score (nSPS) is 11.4. The summed E-state index contributed by atoms with van der Waals surface area (Å²) in [5.41, 5.74) is 10.3. The molecule has 0 aliphatic rings. The maximum atomic E-state index is 13.5. The van der Waals surface area contributed by atoms with Gasteiger partial charge in [0, 0.05) is 34.1 Å². The van der Waals surface area contributed by atoms with Gasteiger partial charge in [-0.05, 0) is 67.9 Å². The molecule has 13 heteroatoms. The summed E-state index contributed by atoms with van der Waals surface area (Å²) in [6.45, 7) is 3.56. The maximum Gasteiger partial charge on any atom is 0.296 e. The summed E-state index contributed by atoms with van der Waals surface area (Å²) in [5.74, 6) is -0.639. The molecule has 3 N–H and O–H groups in total. The molecule has 0 unspecified atom stereocenters. The number of hydrogen-bond acceptors (Lipinski definition) is 10. The molecule has 5 aromatic rings. The Balaban J connectivity index is 1.49. The number of carbonyl (C=O) groups is 2. The number of pyridine rings is 2. The lowest BCUT2D eigenvalue weighted by Gasteiger charge is -2.14. The Morgan fingerprint density at radius 2 is 1.71 bits per heavy atom. The van der Waals surface area contributed by atoms with E-state index in [2.05, 4.69) is 19.5 Å². The zero-order valence-corrected chi connectivity index (χ0v) is 24.6. The standard InChI is InChI=1S/C29H25N5O6S2/c1-15-11-17(5-7-19(15)26(30)35)23-8-9-24-28(32-23)41-29(33-24)34-27(36)22-14-31-16(2)12-20(22)21-13-18(42(37,38)40-4)6-10-25(21)39-3/h5-14H,1-4H3,(H2,30,35)(H,33,34,36). The second-order valence-electron chi connectivity index (χ2n) is 9.24. The second-order valence-corrected chi connectivity index (χ2v) is 11.9. The molecule has 0 fully saturated rings. The minimum atomic E-state index is -4.00. The lowest BCUT2D eigenvalue weighted by molar-refractivity contribution is 0.0997. The fraction of sp³-hybridized carbons (Fsp3) is 0.138. The van der Waals surface area contributed by atoms with Crippen LogP contribution in [-0.4, -0.2) is 49.4 Å². The average Bonchev–Trinajstić information content (AvgIpc) is 3.37. The van der Waals surface area contributed by atoms with Crippen molar-refractivity contribution in [1.29, 1.82) is 0 Å². The van der Waals surface area contributed by atoms with Crippen molar-refractivity contribution in [3.63, 3.8) is 0 Å². The highest BCUT2D eigenvalue weighted by molar-refractivity contribution is 7.86. The maximum absolute atomic E-state index is 13.5. The highest BCUT2D eigenvalue weighted by atomic mass is 32.2. The van der Waals surface area contributed by atoms with Gasteiger partial charge in [0.2, 0.25) is 5.91 Å². The van der Waals surface area contributed by atoms with E-state index in [4.69, 9.17) is 15.5 Å². The predicted molar refractivity (Wildman–Crippen MR) is 159 cm³/mol. The van der Waals surface area contributed by atoms with E-state index < -0.39 is 21.9 Å². The highest BCUT2D eigenvalue weighted by Gasteiger charge is 2.22. The van der Waals surface area contributed by atoms with E-state index in [9.17, 15) is 18.0 Å². The summed E-state index contributed by atoms with van der Waals surface area (Å²) >= 11 is 1.19. The molecule has 5 rings (SSSR count). The van der Waals surface area contributed by atoms with Crippen molar-refractivity contribution in [2.75, 3.05) is 19.5 Å². The molecular weight excluding hydrogens is 578 g/mol. The molecule has 0 aliphatic carbocycles. The number of primary amides is 1. The van der Waals surface area contributed by atoms with Crippen molar-refractivity contribution in [3.05, 3.63) is 83.2 Å². The van der Waals surface area contributed by atoms with Gasteiger partial charge in [0.05, 0.1) is 30.4 Å². The van der Waals surface area contributed by atoms with Crippen LogP contribution in [0, 0.1) is 13.8 Å². The van der Waals surface area contributed by atoms with E-state index in [0.717, 1.165) is 18.2 Å². The molecule has 0 spiro atoms. The minimum absolute atomic E-state index is 0.0888. The van der Waals surface area contributed by atoms with Crippen LogP contribution in [0.1, 0.15) is 32.0 Å². The number of nitrogens with one attached hydrogen (secondary N) is 1. The largest absolute Gasteiger partial charge is 0.496 e. The van der Waals surface area contributed by atoms with Crippen molar-refractivity contribution in [1.82, 2.24) is 15.0 Å². The van der Waals surface area contributed by atoms with E-state index in [1.54, 1.807) is 38.1 Å². The topological polar surface area (TPSA) is 163 Å². The minimum Gasteiger partial charge on any atom is -0.496 e. The van der Waals surface area contributed by atoms with Gasteiger partial charge in [-0.2, -0.15) is 8.42 Å². The van der Waals surface area contributed by atoms with Gasteiger partial charge < -0.3 is 10.5 Å². The van der Waals surface area contributed by atoms with Crippen LogP contribution in [0.2, 0.25) is 0 Å². The van der Waals surface area contributed by atoms with Gasteiger partial charge in [0.1, 0.15) is 16.1 Å². The Morgan fingerprint density at radius 1 is 0.929 bits per heavy atom. The first-order valence-corrected chi connectivity index (χ1v) is 14.7. The molecule has 2 amide bonds. The molecule has 0 aliphatic heterocycles. The Hall–Kier alpha value is -4.72. The number of aromatic nitrogens is 3. The van der Waals surface area contributed by atoms with Gasteiger partial charge >= 0.3 is 0 Å². The molecule has 0 saturated carbocycles. The van der Waals surface area contributed by atoms with Crippen molar-refractivity contribution >= 4 is 48.7 Å². The Labute approximate surface area is 245 Å². The average molecular weight is 604 g/mol. The van der Waals surface area contributed by atoms with Crippen LogP contribution in [0.3, 0.4) is 0 Å². The van der Waals surface area contributed by atoms with Crippen LogP contribution < -0.4 is 15.8 Å². The van der Waals surface area contributed by atoms with Crippen LogP contribution in [0.4, 0.5) is 5.13 Å². The summed E-state index contributed by atoms with van der Waals surface area (Å²) in [6, 6.07) is 14.8. The molecule has 0 radical (unpaired) electrons. The monoisotopic (exact) mass is 603 g/mol. The molecule has 0 saturated heterocycles. The van der Waals surface area contributed by atoms with Gasteiger partial charge in [-0.25, -0.2) is 9.97 Å². The Bertz CT molecular complexity index is 1990. The number of methoxy groups -OCH3 is 1. The number of thiazole rings is 1. The predicted octanol–water partition coefficient (Wildman–Crippen LogP) is 4.73. The van der Waals surface area contributed by atoms with Gasteiger partial charge in [0.25, 0.3) is 16.0 Å². The number of rotatable bonds is 8. The number of ether oxygens (including phenoxy) is 1.